The Labute approximate surface area is 523 Å². The van der Waals surface area contributed by atoms with Crippen LogP contribution in [0.5, 0.6) is 0 Å². The van der Waals surface area contributed by atoms with Crippen LogP contribution in [0.2, 0.25) is 0 Å². The topological polar surface area (TPSA) is 48.6 Å². The van der Waals surface area contributed by atoms with Crippen molar-refractivity contribution >= 4 is 77.7 Å². The molecule has 0 spiro atoms. The van der Waals surface area contributed by atoms with Crippen molar-refractivity contribution in [2.45, 2.75) is 66.2 Å². The van der Waals surface area contributed by atoms with Gasteiger partial charge in [-0.05, 0) is 96.4 Å². The molecule has 0 saturated carbocycles. The molecule has 8 aromatic carbocycles. The maximum atomic E-state index is 4.99. The predicted molar refractivity (Wildman–Crippen MR) is 340 cm³/mol. The van der Waals surface area contributed by atoms with E-state index in [9.17, 15) is 0 Å². The van der Waals surface area contributed by atoms with Gasteiger partial charge in [-0.2, -0.15) is 61.9 Å². The van der Waals surface area contributed by atoms with Gasteiger partial charge in [-0.25, -0.2) is 0 Å². The van der Waals surface area contributed by atoms with Gasteiger partial charge in [0.1, 0.15) is 0 Å². The molecule has 10 heteroatoms. The molecule has 0 amide bonds. The first-order valence-electron chi connectivity index (χ1n) is 28.3. The minimum atomic E-state index is -0.413. The van der Waals surface area contributed by atoms with Crippen molar-refractivity contribution in [3.63, 3.8) is 0 Å². The van der Waals surface area contributed by atoms with Crippen LogP contribution in [0, 0.1) is 48.4 Å². The first-order valence-corrected chi connectivity index (χ1v) is 28.3. The van der Waals surface area contributed by atoms with E-state index in [1.807, 2.05) is 30.6 Å². The van der Waals surface area contributed by atoms with Gasteiger partial charge in [0.15, 0.2) is 0 Å². The third-order valence-corrected chi connectivity index (χ3v) is 17.0. The number of pyridine rings is 2. The van der Waals surface area contributed by atoms with Gasteiger partial charge in [-0.1, -0.05) is 151 Å². The Morgan fingerprint density at radius 3 is 1.21 bits per heavy atom. The van der Waals surface area contributed by atoms with Crippen molar-refractivity contribution in [2.24, 2.45) is 10.8 Å². The van der Waals surface area contributed by atoms with Crippen molar-refractivity contribution in [1.29, 1.82) is 0 Å². The average Bonchev–Trinajstić information content (AvgIpc) is 1.69. The second kappa shape index (κ2) is 22.3. The van der Waals surface area contributed by atoms with Gasteiger partial charge < -0.3 is 28.7 Å². The SMILES string of the molecule is CN1[CH-]N(c2[c-]c3c(cc2)c2ccccc2n3-c2[c-]c(C(C)(C)c3ccccn3)ccc2)c2ccccc21.CN1[CH-]N(c2[c-]c3c(cc2)c2ccccc2n3-c2[c-]c(C(c3ccccn3)(C(C)(C)C)C(C)(C)C)ccc2)c2ccccc21.[Pt].[Pt]. The van der Waals surface area contributed by atoms with Crippen LogP contribution in [0.25, 0.3) is 55.0 Å². The Morgan fingerprint density at radius 2 is 0.762 bits per heavy atom. The molecule has 0 fully saturated rings. The molecule has 428 valence electrons. The normalized spacial score (nSPS) is 13.5. The van der Waals surface area contributed by atoms with Gasteiger partial charge in [0.25, 0.3) is 0 Å². The average molecular weight is 1460 g/mol. The van der Waals surface area contributed by atoms with Crippen LogP contribution in [0.3, 0.4) is 0 Å². The molecule has 8 nitrogen and oxygen atoms in total. The molecule has 0 bridgehead atoms. The zero-order chi connectivity index (χ0) is 56.7. The van der Waals surface area contributed by atoms with Crippen molar-refractivity contribution in [2.75, 3.05) is 33.7 Å². The maximum absolute atomic E-state index is 4.99. The summed E-state index contributed by atoms with van der Waals surface area (Å²) in [6, 6.07) is 83.6. The molecule has 4 aromatic heterocycles. The van der Waals surface area contributed by atoms with E-state index in [2.05, 4.69) is 317 Å². The molecule has 2 aliphatic rings. The van der Waals surface area contributed by atoms with Crippen molar-refractivity contribution in [1.82, 2.24) is 19.1 Å². The number of fused-ring (bicyclic) bond motifs is 8. The fraction of sp³-hybridized carbons (Fsp3) is 0.189. The Bertz CT molecular complexity index is 4350. The van der Waals surface area contributed by atoms with E-state index < -0.39 is 5.41 Å². The third kappa shape index (κ3) is 9.55. The minimum Gasteiger partial charge on any atom is -0.504 e. The number of nitrogens with zero attached hydrogens (tertiary/aromatic N) is 8. The number of aromatic nitrogens is 4. The smallest absolute Gasteiger partial charge is 0.0498 e. The number of hydrogen-bond donors (Lipinski definition) is 0. The molecule has 0 unspecified atom stereocenters. The van der Waals surface area contributed by atoms with Crippen LogP contribution < -0.4 is 19.6 Å². The molecule has 2 aliphatic heterocycles. The second-order valence-corrected chi connectivity index (χ2v) is 24.3. The number of benzene rings is 8. The van der Waals surface area contributed by atoms with E-state index in [0.29, 0.717) is 0 Å². The first kappa shape index (κ1) is 58.0. The molecule has 14 rings (SSSR count). The van der Waals surface area contributed by atoms with Gasteiger partial charge in [-0.3, -0.25) is 9.97 Å². The van der Waals surface area contributed by atoms with Crippen molar-refractivity contribution in [3.8, 4) is 11.4 Å². The monoisotopic (exact) mass is 1460 g/mol. The van der Waals surface area contributed by atoms with E-state index in [1.165, 1.54) is 32.9 Å². The fourth-order valence-corrected chi connectivity index (χ4v) is 13.5. The van der Waals surface area contributed by atoms with Crippen LogP contribution in [0.15, 0.2) is 207 Å². The summed E-state index contributed by atoms with van der Waals surface area (Å²) in [5, 5.41) is 4.75. The Morgan fingerprint density at radius 1 is 0.357 bits per heavy atom. The second-order valence-electron chi connectivity index (χ2n) is 24.3. The molecule has 0 saturated heterocycles. The summed E-state index contributed by atoms with van der Waals surface area (Å²) in [4.78, 5) is 18.4. The Kier molecular flexibility index (Phi) is 15.4. The van der Waals surface area contributed by atoms with E-state index in [-0.39, 0.29) is 58.4 Å². The van der Waals surface area contributed by atoms with Crippen LogP contribution in [0.4, 0.5) is 34.1 Å². The summed E-state index contributed by atoms with van der Waals surface area (Å²) in [5.74, 6) is 0. The van der Waals surface area contributed by atoms with Gasteiger partial charge >= 0.3 is 0 Å². The van der Waals surface area contributed by atoms with Gasteiger partial charge in [0.05, 0.1) is 0 Å². The van der Waals surface area contributed by atoms with Crippen LogP contribution in [0.1, 0.15) is 77.9 Å². The molecule has 0 radical (unpaired) electrons. The standard InChI is InChI=1S/C40H39N4.C34H27N4.2Pt/c1-38(2,3)40(39(4,5)6,37-21-12-13-24-41-37)28-15-14-16-30(25-28)44-33-18-9-8-17-31(33)32-23-22-29(26-36(32)44)43-27-42(7)34-19-10-11-20-35(34)43;1-34(2,33-17-8-9-20-35-33)24-11-10-12-26(21-24)38-29-14-5-4-13-27(29)28-19-18-25(22-32(28)38)37-23-36(3)30-15-6-7-16-31(30)37;;/h8-24,27H,1-7H3;4-20,23H,1-3H3;;/q2*-3;;. The molecule has 0 aliphatic carbocycles. The van der Waals surface area contributed by atoms with Crippen LogP contribution in [-0.4, -0.2) is 33.2 Å². The molecule has 12 aromatic rings. The van der Waals surface area contributed by atoms with Crippen molar-refractivity contribution < 1.29 is 42.1 Å². The molecule has 84 heavy (non-hydrogen) atoms. The third-order valence-electron chi connectivity index (χ3n) is 17.0. The Balaban J connectivity index is 0.000000173. The van der Waals surface area contributed by atoms with Gasteiger partial charge in [0.2, 0.25) is 0 Å². The number of para-hydroxylation sites is 6. The molecular formula is C74H66N8Pt2-6. The fourth-order valence-electron chi connectivity index (χ4n) is 13.5. The number of anilines is 6. The van der Waals surface area contributed by atoms with E-state index in [1.54, 1.807) is 0 Å². The van der Waals surface area contributed by atoms with Crippen LogP contribution in [-0.2, 0) is 53.0 Å². The van der Waals surface area contributed by atoms with E-state index in [4.69, 9.17) is 4.98 Å². The summed E-state index contributed by atoms with van der Waals surface area (Å²) in [6.45, 7) is 22.6. The summed E-state index contributed by atoms with van der Waals surface area (Å²) in [7, 11) is 4.17. The summed E-state index contributed by atoms with van der Waals surface area (Å²) in [5.41, 5.74) is 16.3. The van der Waals surface area contributed by atoms with Crippen LogP contribution >= 0.6 is 0 Å². The molecule has 0 atom stereocenters. The van der Waals surface area contributed by atoms with Gasteiger partial charge in [0, 0.05) is 111 Å². The largest absolute Gasteiger partial charge is 0.504 e. The van der Waals surface area contributed by atoms with Crippen molar-refractivity contribution in [3.05, 3.63) is 267 Å². The zero-order valence-electron chi connectivity index (χ0n) is 49.0. The summed E-state index contributed by atoms with van der Waals surface area (Å²) >= 11 is 0. The van der Waals surface area contributed by atoms with E-state index in [0.717, 1.165) is 78.7 Å². The molecule has 0 N–H and O–H groups in total. The quantitative estimate of drug-likeness (QED) is 0.141. The minimum absolute atomic E-state index is 0. The maximum Gasteiger partial charge on any atom is 0.0498 e. The van der Waals surface area contributed by atoms with E-state index >= 15 is 0 Å². The molecule has 6 heterocycles. The van der Waals surface area contributed by atoms with Gasteiger partial charge in [-0.15, -0.1) is 69.7 Å². The Hall–Kier alpha value is -7.76. The number of hydrogen-bond acceptors (Lipinski definition) is 6. The molecular weight excluding hydrogens is 1390 g/mol. The first-order chi connectivity index (χ1) is 39.5. The zero-order valence-corrected chi connectivity index (χ0v) is 53.5. The summed E-state index contributed by atoms with van der Waals surface area (Å²) in [6.07, 6.45) is 3.77. The predicted octanol–water partition coefficient (Wildman–Crippen LogP) is 17.7. The summed E-state index contributed by atoms with van der Waals surface area (Å²) < 4.78 is 4.62. The number of rotatable bonds is 8.